The van der Waals surface area contributed by atoms with Crippen LogP contribution in [0.4, 0.5) is 0 Å². The number of aromatic amines is 1. The van der Waals surface area contributed by atoms with Gasteiger partial charge in [-0.25, -0.2) is 0 Å². The third-order valence-electron chi connectivity index (χ3n) is 3.71. The summed E-state index contributed by atoms with van der Waals surface area (Å²) < 4.78 is 0. The molecular weight excluding hydrogens is 266 g/mol. The standard InChI is InChI=1S/C16H23N3O2/c1-10(2)15(20)9-19-16(21)13(17)7-11-8-18-14-6-4-3-5-12(11)14/h3-6,8,10,13,15,18,20H,7,9,17H2,1-2H3,(H,19,21)/t13-,15?/m1/s1. The van der Waals surface area contributed by atoms with Crippen LogP contribution < -0.4 is 11.1 Å². The Morgan fingerprint density at radius 3 is 2.81 bits per heavy atom. The number of benzene rings is 1. The lowest BCUT2D eigenvalue weighted by molar-refractivity contribution is -0.122. The van der Waals surface area contributed by atoms with E-state index in [1.165, 1.54) is 0 Å². The van der Waals surface area contributed by atoms with E-state index >= 15 is 0 Å². The van der Waals surface area contributed by atoms with E-state index in [1.807, 2.05) is 44.3 Å². The molecule has 5 N–H and O–H groups in total. The number of carbonyl (C=O) groups is 1. The van der Waals surface area contributed by atoms with Gasteiger partial charge >= 0.3 is 0 Å². The zero-order valence-electron chi connectivity index (χ0n) is 12.5. The zero-order valence-corrected chi connectivity index (χ0v) is 12.5. The Bertz CT molecular complexity index is 606. The summed E-state index contributed by atoms with van der Waals surface area (Å²) in [5, 5.41) is 13.5. The van der Waals surface area contributed by atoms with Crippen LogP contribution in [0.25, 0.3) is 10.9 Å². The summed E-state index contributed by atoms with van der Waals surface area (Å²) in [6.07, 6.45) is 1.81. The van der Waals surface area contributed by atoms with Gasteiger partial charge < -0.3 is 21.1 Å². The minimum absolute atomic E-state index is 0.107. The van der Waals surface area contributed by atoms with Crippen molar-refractivity contribution in [1.29, 1.82) is 0 Å². The van der Waals surface area contributed by atoms with Crippen molar-refractivity contribution in [3.63, 3.8) is 0 Å². The van der Waals surface area contributed by atoms with Crippen molar-refractivity contribution in [1.82, 2.24) is 10.3 Å². The molecule has 1 aromatic heterocycles. The zero-order chi connectivity index (χ0) is 15.4. The van der Waals surface area contributed by atoms with Gasteiger partial charge in [-0.2, -0.15) is 0 Å². The summed E-state index contributed by atoms with van der Waals surface area (Å²) in [7, 11) is 0. The predicted octanol–water partition coefficient (Wildman–Crippen LogP) is 1.17. The molecule has 0 spiro atoms. The van der Waals surface area contributed by atoms with E-state index in [0.717, 1.165) is 16.5 Å². The Hall–Kier alpha value is -1.85. The van der Waals surface area contributed by atoms with Crippen molar-refractivity contribution in [2.24, 2.45) is 11.7 Å². The lowest BCUT2D eigenvalue weighted by atomic mass is 10.0. The number of amides is 1. The fraction of sp³-hybridized carbons (Fsp3) is 0.438. The Labute approximate surface area is 124 Å². The SMILES string of the molecule is CC(C)C(O)CNC(=O)[C@H](N)Cc1c[nH]c2ccccc12. The van der Waals surface area contributed by atoms with Crippen LogP contribution in [0.2, 0.25) is 0 Å². The van der Waals surface area contributed by atoms with Crippen molar-refractivity contribution in [2.45, 2.75) is 32.4 Å². The van der Waals surface area contributed by atoms with Gasteiger partial charge in [0.25, 0.3) is 0 Å². The highest BCUT2D eigenvalue weighted by Crippen LogP contribution is 2.18. The number of aliphatic hydroxyl groups is 1. The monoisotopic (exact) mass is 289 g/mol. The quantitative estimate of drug-likeness (QED) is 0.643. The van der Waals surface area contributed by atoms with E-state index in [4.69, 9.17) is 5.73 Å². The normalized spacial score (nSPS) is 14.3. The molecule has 0 aliphatic rings. The number of nitrogens with one attached hydrogen (secondary N) is 2. The third kappa shape index (κ3) is 3.83. The van der Waals surface area contributed by atoms with Crippen LogP contribution in [0.3, 0.4) is 0 Å². The Kier molecular flexibility index (Phi) is 4.98. The van der Waals surface area contributed by atoms with Crippen LogP contribution in [0, 0.1) is 5.92 Å². The molecule has 5 nitrogen and oxygen atoms in total. The molecule has 1 aromatic carbocycles. The van der Waals surface area contributed by atoms with E-state index in [-0.39, 0.29) is 18.4 Å². The average molecular weight is 289 g/mol. The van der Waals surface area contributed by atoms with Gasteiger partial charge in [0.1, 0.15) is 0 Å². The molecule has 114 valence electrons. The van der Waals surface area contributed by atoms with Gasteiger partial charge in [0.15, 0.2) is 0 Å². The predicted molar refractivity (Wildman–Crippen MR) is 83.8 cm³/mol. The van der Waals surface area contributed by atoms with Gasteiger partial charge in [-0.15, -0.1) is 0 Å². The van der Waals surface area contributed by atoms with Crippen molar-refractivity contribution in [2.75, 3.05) is 6.54 Å². The number of rotatable bonds is 6. The van der Waals surface area contributed by atoms with Gasteiger partial charge in [0, 0.05) is 23.6 Å². The molecular formula is C16H23N3O2. The Morgan fingerprint density at radius 1 is 1.38 bits per heavy atom. The van der Waals surface area contributed by atoms with Gasteiger partial charge in [0.05, 0.1) is 12.1 Å². The number of hydrogen-bond donors (Lipinski definition) is 4. The first-order chi connectivity index (χ1) is 9.99. The number of para-hydroxylation sites is 1. The van der Waals surface area contributed by atoms with Crippen LogP contribution in [-0.2, 0) is 11.2 Å². The highest BCUT2D eigenvalue weighted by Gasteiger charge is 2.17. The summed E-state index contributed by atoms with van der Waals surface area (Å²) in [6.45, 7) is 4.05. The second-order valence-electron chi connectivity index (χ2n) is 5.73. The van der Waals surface area contributed by atoms with Crippen LogP contribution in [0.5, 0.6) is 0 Å². The van der Waals surface area contributed by atoms with E-state index in [0.29, 0.717) is 6.42 Å². The van der Waals surface area contributed by atoms with E-state index < -0.39 is 12.1 Å². The second-order valence-corrected chi connectivity index (χ2v) is 5.73. The second kappa shape index (κ2) is 6.74. The first-order valence-electron chi connectivity index (χ1n) is 7.25. The summed E-state index contributed by atoms with van der Waals surface area (Å²) >= 11 is 0. The Morgan fingerprint density at radius 2 is 2.10 bits per heavy atom. The molecule has 1 heterocycles. The number of H-pyrrole nitrogens is 1. The molecule has 1 unspecified atom stereocenters. The Balaban J connectivity index is 1.94. The van der Waals surface area contributed by atoms with Gasteiger partial charge in [-0.05, 0) is 24.0 Å². The molecule has 0 saturated heterocycles. The highest BCUT2D eigenvalue weighted by molar-refractivity contribution is 5.86. The largest absolute Gasteiger partial charge is 0.391 e. The lowest BCUT2D eigenvalue weighted by Crippen LogP contribution is -2.45. The molecule has 0 aliphatic heterocycles. The maximum atomic E-state index is 12.0. The van der Waals surface area contributed by atoms with Crippen molar-refractivity contribution in [3.8, 4) is 0 Å². The van der Waals surface area contributed by atoms with Gasteiger partial charge in [-0.1, -0.05) is 32.0 Å². The molecule has 2 rings (SSSR count). The number of aliphatic hydroxyl groups excluding tert-OH is 1. The molecule has 2 atom stereocenters. The van der Waals surface area contributed by atoms with Crippen LogP contribution in [0.15, 0.2) is 30.5 Å². The molecule has 0 bridgehead atoms. The van der Waals surface area contributed by atoms with E-state index in [9.17, 15) is 9.90 Å². The maximum absolute atomic E-state index is 12.0. The number of aromatic nitrogens is 1. The van der Waals surface area contributed by atoms with E-state index in [2.05, 4.69) is 10.3 Å². The molecule has 5 heteroatoms. The van der Waals surface area contributed by atoms with Crippen LogP contribution in [0.1, 0.15) is 19.4 Å². The summed E-state index contributed by atoms with van der Waals surface area (Å²) in [5.74, 6) is -0.130. The first-order valence-corrected chi connectivity index (χ1v) is 7.25. The molecule has 0 radical (unpaired) electrons. The first kappa shape index (κ1) is 15.5. The summed E-state index contributed by atoms with van der Waals surface area (Å²) in [5.41, 5.74) is 8.02. The van der Waals surface area contributed by atoms with Gasteiger partial charge in [0.2, 0.25) is 5.91 Å². The van der Waals surface area contributed by atoms with Gasteiger partial charge in [-0.3, -0.25) is 4.79 Å². The third-order valence-corrected chi connectivity index (χ3v) is 3.71. The molecule has 2 aromatic rings. The van der Waals surface area contributed by atoms with Crippen molar-refractivity contribution >= 4 is 16.8 Å². The average Bonchev–Trinajstić information content (AvgIpc) is 2.87. The number of hydrogen-bond acceptors (Lipinski definition) is 3. The van der Waals surface area contributed by atoms with Crippen molar-refractivity contribution in [3.05, 3.63) is 36.0 Å². The molecule has 0 saturated carbocycles. The van der Waals surface area contributed by atoms with Crippen LogP contribution in [-0.4, -0.2) is 34.7 Å². The minimum Gasteiger partial charge on any atom is -0.391 e. The number of fused-ring (bicyclic) bond motifs is 1. The topological polar surface area (TPSA) is 91.1 Å². The highest BCUT2D eigenvalue weighted by atomic mass is 16.3. The maximum Gasteiger partial charge on any atom is 0.237 e. The molecule has 0 fully saturated rings. The minimum atomic E-state index is -0.622. The fourth-order valence-electron chi connectivity index (χ4n) is 2.20. The fourth-order valence-corrected chi connectivity index (χ4v) is 2.20. The number of nitrogens with two attached hydrogens (primary N) is 1. The molecule has 0 aliphatic carbocycles. The summed E-state index contributed by atoms with van der Waals surface area (Å²) in [4.78, 5) is 15.1. The van der Waals surface area contributed by atoms with E-state index in [1.54, 1.807) is 0 Å². The smallest absolute Gasteiger partial charge is 0.237 e. The summed E-state index contributed by atoms with van der Waals surface area (Å²) in [6, 6.07) is 7.30. The van der Waals surface area contributed by atoms with Crippen molar-refractivity contribution < 1.29 is 9.90 Å². The molecule has 21 heavy (non-hydrogen) atoms. The van der Waals surface area contributed by atoms with Crippen LogP contribution >= 0.6 is 0 Å². The lowest BCUT2D eigenvalue weighted by Gasteiger charge is -2.17. The number of carbonyl (C=O) groups excluding carboxylic acids is 1. The molecule has 1 amide bonds.